The number of sulfonamides is 1. The van der Waals surface area contributed by atoms with Crippen molar-refractivity contribution in [1.82, 2.24) is 19.4 Å². The van der Waals surface area contributed by atoms with Gasteiger partial charge in [-0.25, -0.2) is 13.2 Å². The van der Waals surface area contributed by atoms with Crippen LogP contribution in [0.2, 0.25) is 0 Å². The number of amides is 3. The van der Waals surface area contributed by atoms with E-state index in [-0.39, 0.29) is 55.9 Å². The van der Waals surface area contributed by atoms with E-state index < -0.39 is 22.2 Å². The van der Waals surface area contributed by atoms with Gasteiger partial charge in [0.25, 0.3) is 0 Å². The van der Waals surface area contributed by atoms with Gasteiger partial charge >= 0.3 is 6.09 Å². The Labute approximate surface area is 223 Å². The molecule has 2 aromatic carbocycles. The lowest BCUT2D eigenvalue weighted by atomic mass is 10.0. The average Bonchev–Trinajstić information content (AvgIpc) is 2.94. The molecule has 0 bridgehead atoms. The van der Waals surface area contributed by atoms with Gasteiger partial charge in [-0.05, 0) is 43.0 Å². The zero-order valence-corrected chi connectivity index (χ0v) is 22.1. The lowest BCUT2D eigenvalue weighted by Gasteiger charge is -2.38. The molecule has 0 spiro atoms. The van der Waals surface area contributed by atoms with Crippen molar-refractivity contribution in [2.75, 3.05) is 32.7 Å². The summed E-state index contributed by atoms with van der Waals surface area (Å²) in [5, 5.41) is 12.7. The molecule has 1 fully saturated rings. The summed E-state index contributed by atoms with van der Waals surface area (Å²) in [4.78, 5) is 40.2. The Morgan fingerprint density at radius 1 is 0.974 bits per heavy atom. The molecule has 11 heteroatoms. The molecular weight excluding hydrogens is 508 g/mol. The van der Waals surface area contributed by atoms with E-state index in [0.29, 0.717) is 19.4 Å². The van der Waals surface area contributed by atoms with Crippen LogP contribution < -0.4 is 5.32 Å². The predicted octanol–water partition coefficient (Wildman–Crippen LogP) is 2.54. The van der Waals surface area contributed by atoms with Gasteiger partial charge in [-0.2, -0.15) is 4.31 Å². The van der Waals surface area contributed by atoms with Gasteiger partial charge in [-0.3, -0.25) is 14.5 Å². The van der Waals surface area contributed by atoms with Crippen LogP contribution in [0.1, 0.15) is 24.8 Å². The van der Waals surface area contributed by atoms with Gasteiger partial charge in [0.05, 0.1) is 4.90 Å². The van der Waals surface area contributed by atoms with E-state index in [1.807, 2.05) is 6.07 Å². The van der Waals surface area contributed by atoms with Gasteiger partial charge in [0.2, 0.25) is 21.8 Å². The fraction of sp³-hybridized carbons (Fsp3) is 0.370. The summed E-state index contributed by atoms with van der Waals surface area (Å²) in [7, 11) is -3.68. The summed E-state index contributed by atoms with van der Waals surface area (Å²) >= 11 is 0. The highest BCUT2D eigenvalue weighted by Crippen LogP contribution is 2.21. The topological polar surface area (TPSA) is 127 Å². The number of hydrogen-bond acceptors (Lipinski definition) is 5. The van der Waals surface area contributed by atoms with Crippen LogP contribution >= 0.6 is 0 Å². The van der Waals surface area contributed by atoms with Crippen molar-refractivity contribution in [2.45, 2.75) is 36.7 Å². The zero-order valence-electron chi connectivity index (χ0n) is 21.2. The number of nitrogens with zero attached hydrogens (tertiary/aromatic N) is 3. The van der Waals surface area contributed by atoms with Crippen LogP contribution in [-0.2, 0) is 26.2 Å². The molecule has 3 amide bonds. The molecule has 2 aromatic rings. The quantitative estimate of drug-likeness (QED) is 0.314. The molecule has 1 aliphatic heterocycles. The molecule has 1 heterocycles. The second kappa shape index (κ2) is 13.7. The van der Waals surface area contributed by atoms with E-state index in [2.05, 4.69) is 11.9 Å². The van der Waals surface area contributed by atoms with E-state index in [1.54, 1.807) is 47.4 Å². The minimum absolute atomic E-state index is 0.0438. The molecule has 10 nitrogen and oxygen atoms in total. The number of carboxylic acid groups (broad SMARTS) is 1. The van der Waals surface area contributed by atoms with E-state index in [9.17, 15) is 27.9 Å². The Morgan fingerprint density at radius 3 is 2.16 bits per heavy atom. The lowest BCUT2D eigenvalue weighted by Crippen LogP contribution is -2.56. The summed E-state index contributed by atoms with van der Waals surface area (Å²) in [5.74, 6) is -0.646. The molecule has 0 aromatic heterocycles. The molecule has 2 N–H and O–H groups in total. The third-order valence-electron chi connectivity index (χ3n) is 6.42. The lowest BCUT2D eigenvalue weighted by molar-refractivity contribution is -0.138. The van der Waals surface area contributed by atoms with Gasteiger partial charge in [-0.1, -0.05) is 55.1 Å². The van der Waals surface area contributed by atoms with E-state index in [1.165, 1.54) is 22.5 Å². The maximum atomic E-state index is 13.6. The molecule has 1 atom stereocenters. The standard InChI is InChI=1S/C27H34N4O6S/c1-2-25(32)28-16-10-9-15-24(31(27(34)35)21-22-11-5-3-6-12-22)26(33)29-17-19-30(20-18-29)38(36,37)23-13-7-4-8-14-23/h2-8,11-14,24H,1,9-10,15-21H2,(H,28,32)(H,34,35)/t24-/m0/s1. The second-order valence-corrected chi connectivity index (χ2v) is 10.9. The van der Waals surface area contributed by atoms with Gasteiger partial charge in [0.1, 0.15) is 6.04 Å². The van der Waals surface area contributed by atoms with Gasteiger partial charge in [0, 0.05) is 39.3 Å². The van der Waals surface area contributed by atoms with Crippen LogP contribution in [0, 0.1) is 0 Å². The SMILES string of the molecule is C=CC(=O)NCCCC[C@@H](C(=O)N1CCN(S(=O)(=O)c2ccccc2)CC1)N(Cc1ccccc1)C(=O)O. The minimum atomic E-state index is -3.68. The highest BCUT2D eigenvalue weighted by Gasteiger charge is 2.36. The molecule has 1 saturated heterocycles. The Bertz CT molecular complexity index is 1200. The maximum Gasteiger partial charge on any atom is 0.408 e. The Balaban J connectivity index is 1.71. The largest absolute Gasteiger partial charge is 0.465 e. The summed E-state index contributed by atoms with van der Waals surface area (Å²) in [5.41, 5.74) is 0.754. The number of benzene rings is 2. The monoisotopic (exact) mass is 542 g/mol. The molecule has 0 saturated carbocycles. The first kappa shape index (κ1) is 28.9. The van der Waals surface area contributed by atoms with Crippen molar-refractivity contribution in [3.05, 3.63) is 78.9 Å². The van der Waals surface area contributed by atoms with Crippen molar-refractivity contribution < 1.29 is 27.9 Å². The van der Waals surface area contributed by atoms with Crippen LogP contribution in [0.3, 0.4) is 0 Å². The van der Waals surface area contributed by atoms with E-state index in [4.69, 9.17) is 0 Å². The van der Waals surface area contributed by atoms with Crippen LogP contribution in [0.25, 0.3) is 0 Å². The predicted molar refractivity (Wildman–Crippen MR) is 143 cm³/mol. The van der Waals surface area contributed by atoms with Crippen molar-refractivity contribution in [2.24, 2.45) is 0 Å². The minimum Gasteiger partial charge on any atom is -0.465 e. The Morgan fingerprint density at radius 2 is 1.58 bits per heavy atom. The summed E-state index contributed by atoms with van der Waals surface area (Å²) in [6, 6.07) is 16.2. The number of carbonyl (C=O) groups excluding carboxylic acids is 2. The first-order valence-corrected chi connectivity index (χ1v) is 14.0. The summed E-state index contributed by atoms with van der Waals surface area (Å²) in [6.07, 6.45) is 1.30. The fourth-order valence-corrected chi connectivity index (χ4v) is 5.79. The molecule has 1 aliphatic rings. The Hall–Kier alpha value is -3.70. The third-order valence-corrected chi connectivity index (χ3v) is 8.34. The van der Waals surface area contributed by atoms with Crippen molar-refractivity contribution in [3.63, 3.8) is 0 Å². The van der Waals surface area contributed by atoms with Gasteiger partial charge in [-0.15, -0.1) is 0 Å². The first-order valence-electron chi connectivity index (χ1n) is 12.5. The van der Waals surface area contributed by atoms with Crippen LogP contribution in [-0.4, -0.2) is 84.3 Å². The summed E-state index contributed by atoms with van der Waals surface area (Å²) < 4.78 is 27.3. The smallest absolute Gasteiger partial charge is 0.408 e. The van der Waals surface area contributed by atoms with Crippen molar-refractivity contribution in [3.8, 4) is 0 Å². The molecule has 0 unspecified atom stereocenters. The van der Waals surface area contributed by atoms with E-state index in [0.717, 1.165) is 10.5 Å². The maximum absolute atomic E-state index is 13.6. The molecule has 38 heavy (non-hydrogen) atoms. The number of rotatable bonds is 12. The van der Waals surface area contributed by atoms with Gasteiger partial charge in [0.15, 0.2) is 0 Å². The first-order chi connectivity index (χ1) is 18.2. The van der Waals surface area contributed by atoms with Crippen molar-refractivity contribution in [1.29, 1.82) is 0 Å². The van der Waals surface area contributed by atoms with Crippen LogP contribution in [0.4, 0.5) is 4.79 Å². The number of hydrogen-bond donors (Lipinski definition) is 2. The second-order valence-electron chi connectivity index (χ2n) is 8.95. The van der Waals surface area contributed by atoms with Gasteiger partial charge < -0.3 is 15.3 Å². The molecule has 3 rings (SSSR count). The van der Waals surface area contributed by atoms with E-state index >= 15 is 0 Å². The highest BCUT2D eigenvalue weighted by molar-refractivity contribution is 7.89. The molecule has 204 valence electrons. The number of piperazine rings is 1. The number of unbranched alkanes of at least 4 members (excludes halogenated alkanes) is 1. The molecular formula is C27H34N4O6S. The number of nitrogens with one attached hydrogen (secondary N) is 1. The Kier molecular flexibility index (Phi) is 10.4. The average molecular weight is 543 g/mol. The van der Waals surface area contributed by atoms with Crippen molar-refractivity contribution >= 4 is 27.9 Å². The normalized spacial score (nSPS) is 14.9. The summed E-state index contributed by atoms with van der Waals surface area (Å²) in [6.45, 7) is 4.40. The highest BCUT2D eigenvalue weighted by atomic mass is 32.2. The van der Waals surface area contributed by atoms with Crippen LogP contribution in [0.5, 0.6) is 0 Å². The zero-order chi connectivity index (χ0) is 27.5. The van der Waals surface area contributed by atoms with Crippen LogP contribution in [0.15, 0.2) is 78.2 Å². The fourth-order valence-electron chi connectivity index (χ4n) is 4.35. The molecule has 0 radical (unpaired) electrons. The molecule has 0 aliphatic carbocycles. The number of carbonyl (C=O) groups is 3. The third kappa shape index (κ3) is 7.65.